The normalized spacial score (nSPS) is 12.7. The number of amides is 1. The van der Waals surface area contributed by atoms with E-state index >= 15 is 0 Å². The lowest BCUT2D eigenvalue weighted by Gasteiger charge is -2.19. The first kappa shape index (κ1) is 21.4. The van der Waals surface area contributed by atoms with Gasteiger partial charge in [0.2, 0.25) is 5.88 Å². The Labute approximate surface area is 185 Å². The predicted molar refractivity (Wildman–Crippen MR) is 118 cm³/mol. The van der Waals surface area contributed by atoms with Crippen LogP contribution in [0.15, 0.2) is 65.7 Å². The molecule has 2 heterocycles. The summed E-state index contributed by atoms with van der Waals surface area (Å²) in [7, 11) is -3.85. The van der Waals surface area contributed by atoms with Crippen LogP contribution >= 0.6 is 0 Å². The van der Waals surface area contributed by atoms with Crippen molar-refractivity contribution in [3.63, 3.8) is 0 Å². The van der Waals surface area contributed by atoms with Crippen LogP contribution in [0.25, 0.3) is 0 Å². The van der Waals surface area contributed by atoms with E-state index in [4.69, 9.17) is 14.2 Å². The van der Waals surface area contributed by atoms with Gasteiger partial charge in [-0.15, -0.1) is 0 Å². The van der Waals surface area contributed by atoms with Crippen molar-refractivity contribution in [1.82, 2.24) is 4.98 Å². The van der Waals surface area contributed by atoms with Crippen LogP contribution in [0, 0.1) is 0 Å². The Hall–Kier alpha value is -3.79. The molecule has 1 aromatic heterocycles. The van der Waals surface area contributed by atoms with E-state index in [2.05, 4.69) is 15.0 Å². The summed E-state index contributed by atoms with van der Waals surface area (Å²) in [5.41, 5.74) is 1.11. The minimum Gasteiger partial charge on any atom is -0.486 e. The van der Waals surface area contributed by atoms with Gasteiger partial charge in [-0.1, -0.05) is 0 Å². The molecule has 4 rings (SSSR count). The number of anilines is 2. The van der Waals surface area contributed by atoms with Gasteiger partial charge < -0.3 is 19.5 Å². The highest BCUT2D eigenvalue weighted by molar-refractivity contribution is 7.92. The van der Waals surface area contributed by atoms with Gasteiger partial charge in [0.05, 0.1) is 11.5 Å². The number of hydrogen-bond acceptors (Lipinski definition) is 7. The Morgan fingerprint density at radius 1 is 1.06 bits per heavy atom. The van der Waals surface area contributed by atoms with Crippen molar-refractivity contribution in [2.45, 2.75) is 11.8 Å². The summed E-state index contributed by atoms with van der Waals surface area (Å²) >= 11 is 0. The van der Waals surface area contributed by atoms with E-state index in [1.165, 1.54) is 36.4 Å². The third-order valence-electron chi connectivity index (χ3n) is 4.52. The molecule has 2 N–H and O–H groups in total. The SMILES string of the molecule is CCOc1ncccc1NC(=O)c1ccc(NS(=O)(=O)c2ccc3c(c2)OCCO3)cc1. The fourth-order valence-electron chi connectivity index (χ4n) is 3.03. The summed E-state index contributed by atoms with van der Waals surface area (Å²) in [6.45, 7) is 3.02. The monoisotopic (exact) mass is 455 g/mol. The van der Waals surface area contributed by atoms with E-state index in [-0.39, 0.29) is 10.8 Å². The third-order valence-corrected chi connectivity index (χ3v) is 5.90. The van der Waals surface area contributed by atoms with Crippen LogP contribution in [-0.2, 0) is 10.0 Å². The molecule has 1 aliphatic rings. The number of carbonyl (C=O) groups excluding carboxylic acids is 1. The fraction of sp³-hybridized carbons (Fsp3) is 0.182. The Morgan fingerprint density at radius 2 is 1.81 bits per heavy atom. The standard InChI is InChI=1S/C22H21N3O6S/c1-2-29-22-18(4-3-11-23-22)24-21(26)15-5-7-16(8-6-15)25-32(27,28)17-9-10-19-20(14-17)31-13-12-30-19/h3-11,14,25H,2,12-13H2,1H3,(H,24,26). The number of ether oxygens (including phenoxy) is 3. The molecule has 0 bridgehead atoms. The molecule has 0 saturated carbocycles. The molecule has 32 heavy (non-hydrogen) atoms. The van der Waals surface area contributed by atoms with E-state index < -0.39 is 10.0 Å². The summed E-state index contributed by atoms with van der Waals surface area (Å²) in [6, 6.07) is 13.9. The molecular formula is C22H21N3O6S. The van der Waals surface area contributed by atoms with Crippen LogP contribution < -0.4 is 24.2 Å². The highest BCUT2D eigenvalue weighted by Crippen LogP contribution is 2.32. The van der Waals surface area contributed by atoms with Gasteiger partial charge in [-0.05, 0) is 55.5 Å². The fourth-order valence-corrected chi connectivity index (χ4v) is 4.10. The molecular weight excluding hydrogens is 434 g/mol. The molecule has 0 atom stereocenters. The minimum absolute atomic E-state index is 0.0450. The van der Waals surface area contributed by atoms with Crippen LogP contribution in [0.5, 0.6) is 17.4 Å². The Bertz CT molecular complexity index is 1230. The molecule has 2 aromatic carbocycles. The van der Waals surface area contributed by atoms with E-state index in [1.807, 2.05) is 6.92 Å². The second-order valence-corrected chi connectivity index (χ2v) is 8.41. The van der Waals surface area contributed by atoms with Gasteiger partial charge in [0.25, 0.3) is 15.9 Å². The van der Waals surface area contributed by atoms with Gasteiger partial charge >= 0.3 is 0 Å². The van der Waals surface area contributed by atoms with Crippen molar-refractivity contribution in [1.29, 1.82) is 0 Å². The molecule has 3 aromatic rings. The van der Waals surface area contributed by atoms with E-state index in [0.717, 1.165) is 0 Å². The number of rotatable bonds is 7. The number of nitrogens with zero attached hydrogens (tertiary/aromatic N) is 1. The molecule has 0 radical (unpaired) electrons. The van der Waals surface area contributed by atoms with Gasteiger partial charge in [-0.2, -0.15) is 0 Å². The lowest BCUT2D eigenvalue weighted by Crippen LogP contribution is -2.17. The van der Waals surface area contributed by atoms with Crippen molar-refractivity contribution >= 4 is 27.3 Å². The largest absolute Gasteiger partial charge is 0.486 e. The van der Waals surface area contributed by atoms with Crippen molar-refractivity contribution in [2.75, 3.05) is 29.9 Å². The maximum absolute atomic E-state index is 12.7. The van der Waals surface area contributed by atoms with E-state index in [1.54, 1.807) is 24.4 Å². The molecule has 0 unspecified atom stereocenters. The summed E-state index contributed by atoms with van der Waals surface area (Å²) in [5.74, 6) is 0.840. The van der Waals surface area contributed by atoms with Crippen molar-refractivity contribution in [2.24, 2.45) is 0 Å². The first-order valence-corrected chi connectivity index (χ1v) is 11.4. The summed E-state index contributed by atoms with van der Waals surface area (Å²) < 4.78 is 44.2. The van der Waals surface area contributed by atoms with Crippen LogP contribution in [0.2, 0.25) is 0 Å². The lowest BCUT2D eigenvalue weighted by atomic mass is 10.2. The van der Waals surface area contributed by atoms with E-state index in [9.17, 15) is 13.2 Å². The highest BCUT2D eigenvalue weighted by Gasteiger charge is 2.20. The minimum atomic E-state index is -3.85. The second kappa shape index (κ2) is 9.15. The number of carbonyl (C=O) groups is 1. The van der Waals surface area contributed by atoms with Crippen LogP contribution in [-0.4, -0.2) is 39.1 Å². The lowest BCUT2D eigenvalue weighted by molar-refractivity contribution is 0.102. The molecule has 0 spiro atoms. The van der Waals surface area contributed by atoms with Gasteiger partial charge in [0, 0.05) is 23.5 Å². The average Bonchev–Trinajstić information content (AvgIpc) is 2.80. The van der Waals surface area contributed by atoms with Crippen molar-refractivity contribution in [3.8, 4) is 17.4 Å². The zero-order valence-electron chi connectivity index (χ0n) is 17.2. The van der Waals surface area contributed by atoms with Crippen molar-refractivity contribution in [3.05, 3.63) is 66.4 Å². The number of pyridine rings is 1. The summed E-state index contributed by atoms with van der Waals surface area (Å²) in [6.07, 6.45) is 1.57. The Balaban J connectivity index is 1.46. The van der Waals surface area contributed by atoms with E-state index in [0.29, 0.717) is 54.1 Å². The van der Waals surface area contributed by atoms with Gasteiger partial charge in [-0.25, -0.2) is 13.4 Å². The molecule has 1 aliphatic heterocycles. The van der Waals surface area contributed by atoms with Crippen LogP contribution in [0.4, 0.5) is 11.4 Å². The number of fused-ring (bicyclic) bond motifs is 1. The van der Waals surface area contributed by atoms with Crippen LogP contribution in [0.1, 0.15) is 17.3 Å². The smallest absolute Gasteiger partial charge is 0.262 e. The first-order chi connectivity index (χ1) is 15.5. The number of benzene rings is 2. The quantitative estimate of drug-likeness (QED) is 0.561. The topological polar surface area (TPSA) is 116 Å². The Kier molecular flexibility index (Phi) is 6.13. The predicted octanol–water partition coefficient (Wildman–Crippen LogP) is 3.30. The van der Waals surface area contributed by atoms with Crippen LogP contribution in [0.3, 0.4) is 0 Å². The molecule has 0 fully saturated rings. The zero-order chi connectivity index (χ0) is 22.6. The highest BCUT2D eigenvalue weighted by atomic mass is 32.2. The van der Waals surface area contributed by atoms with Gasteiger partial charge in [0.15, 0.2) is 11.5 Å². The maximum Gasteiger partial charge on any atom is 0.262 e. The number of nitrogens with one attached hydrogen (secondary N) is 2. The average molecular weight is 455 g/mol. The molecule has 166 valence electrons. The maximum atomic E-state index is 12.7. The summed E-state index contributed by atoms with van der Waals surface area (Å²) in [4.78, 5) is 16.7. The van der Waals surface area contributed by atoms with Gasteiger partial charge in [-0.3, -0.25) is 9.52 Å². The second-order valence-electron chi connectivity index (χ2n) is 6.73. The molecule has 1 amide bonds. The number of aromatic nitrogens is 1. The van der Waals surface area contributed by atoms with Crippen molar-refractivity contribution < 1.29 is 27.4 Å². The molecule has 0 saturated heterocycles. The summed E-state index contributed by atoms with van der Waals surface area (Å²) in [5, 5.41) is 2.74. The Morgan fingerprint density at radius 3 is 2.56 bits per heavy atom. The third kappa shape index (κ3) is 4.75. The molecule has 10 heteroatoms. The number of hydrogen-bond donors (Lipinski definition) is 2. The first-order valence-electron chi connectivity index (χ1n) is 9.88. The van der Waals surface area contributed by atoms with Gasteiger partial charge in [0.1, 0.15) is 18.9 Å². The zero-order valence-corrected chi connectivity index (χ0v) is 18.0. The molecule has 9 nitrogen and oxygen atoms in total. The molecule has 0 aliphatic carbocycles. The number of sulfonamides is 1.